The van der Waals surface area contributed by atoms with Gasteiger partial charge in [0.15, 0.2) is 6.33 Å². The molecular formula is C17H11ClFN2. The first-order chi connectivity index (χ1) is 10.2. The molecule has 1 heterocycles. The van der Waals surface area contributed by atoms with Gasteiger partial charge in [0, 0.05) is 28.8 Å². The minimum absolute atomic E-state index is 0.304. The first-order valence-electron chi connectivity index (χ1n) is 6.45. The maximum atomic E-state index is 14.0. The van der Waals surface area contributed by atoms with Crippen LogP contribution in [0.25, 0.3) is 11.3 Å². The van der Waals surface area contributed by atoms with Gasteiger partial charge < -0.3 is 0 Å². The van der Waals surface area contributed by atoms with Gasteiger partial charge in [-0.15, -0.1) is 0 Å². The largest absolute Gasteiger partial charge is 0.233 e. The van der Waals surface area contributed by atoms with E-state index in [1.54, 1.807) is 24.4 Å². The van der Waals surface area contributed by atoms with Crippen molar-refractivity contribution in [3.8, 4) is 11.3 Å². The second kappa shape index (κ2) is 6.02. The van der Waals surface area contributed by atoms with E-state index in [4.69, 9.17) is 11.6 Å². The van der Waals surface area contributed by atoms with Crippen molar-refractivity contribution >= 4 is 11.6 Å². The van der Waals surface area contributed by atoms with E-state index in [1.165, 1.54) is 6.07 Å². The number of rotatable bonds is 3. The molecule has 21 heavy (non-hydrogen) atoms. The Morgan fingerprint density at radius 3 is 2.57 bits per heavy atom. The van der Waals surface area contributed by atoms with Crippen LogP contribution in [0, 0.1) is 12.1 Å². The highest BCUT2D eigenvalue weighted by Gasteiger charge is 2.11. The normalized spacial score (nSPS) is 10.6. The molecule has 4 heteroatoms. The van der Waals surface area contributed by atoms with Crippen LogP contribution in [-0.4, -0.2) is 9.97 Å². The first kappa shape index (κ1) is 13.7. The highest BCUT2D eigenvalue weighted by atomic mass is 35.5. The van der Waals surface area contributed by atoms with E-state index in [0.717, 1.165) is 11.1 Å². The third-order valence-electron chi connectivity index (χ3n) is 3.18. The maximum Gasteiger partial charge on any atom is 0.198 e. The molecule has 0 unspecified atom stereocenters. The molecule has 0 aliphatic carbocycles. The molecular weight excluding hydrogens is 287 g/mol. The Balaban J connectivity index is 2.00. The number of halogens is 2. The first-order valence-corrected chi connectivity index (χ1v) is 6.83. The lowest BCUT2D eigenvalue weighted by Crippen LogP contribution is -1.98. The molecule has 0 spiro atoms. The zero-order chi connectivity index (χ0) is 14.7. The quantitative estimate of drug-likeness (QED) is 0.719. The van der Waals surface area contributed by atoms with Gasteiger partial charge in [-0.1, -0.05) is 35.9 Å². The van der Waals surface area contributed by atoms with Gasteiger partial charge in [0.05, 0.1) is 5.69 Å². The molecule has 0 N–H and O–H groups in total. The molecule has 0 bridgehead atoms. The smallest absolute Gasteiger partial charge is 0.198 e. The molecule has 1 radical (unpaired) electrons. The van der Waals surface area contributed by atoms with Crippen LogP contribution >= 0.6 is 11.6 Å². The van der Waals surface area contributed by atoms with Crippen molar-refractivity contribution in [1.82, 2.24) is 9.97 Å². The lowest BCUT2D eigenvalue weighted by Gasteiger charge is -2.08. The molecule has 0 saturated carbocycles. The Morgan fingerprint density at radius 1 is 1.05 bits per heavy atom. The van der Waals surface area contributed by atoms with Crippen LogP contribution in [0.1, 0.15) is 11.1 Å². The fourth-order valence-electron chi connectivity index (χ4n) is 2.16. The minimum Gasteiger partial charge on any atom is -0.233 e. The maximum absolute atomic E-state index is 14.0. The van der Waals surface area contributed by atoms with E-state index < -0.39 is 0 Å². The zero-order valence-electron chi connectivity index (χ0n) is 11.1. The number of hydrogen-bond acceptors (Lipinski definition) is 2. The molecule has 0 amide bonds. The summed E-state index contributed by atoms with van der Waals surface area (Å²) in [5, 5.41) is 0.686. The van der Waals surface area contributed by atoms with E-state index >= 15 is 0 Å². The Labute approximate surface area is 127 Å². The lowest BCUT2D eigenvalue weighted by atomic mass is 10.0. The molecule has 3 aromatic rings. The summed E-state index contributed by atoms with van der Waals surface area (Å²) in [5.41, 5.74) is 2.94. The van der Waals surface area contributed by atoms with Crippen LogP contribution in [0.3, 0.4) is 0 Å². The molecule has 0 aliphatic rings. The van der Waals surface area contributed by atoms with E-state index in [9.17, 15) is 4.39 Å². The predicted octanol–water partition coefficient (Wildman–Crippen LogP) is 4.33. The zero-order valence-corrected chi connectivity index (χ0v) is 11.8. The summed E-state index contributed by atoms with van der Waals surface area (Å²) in [6.45, 7) is 0. The van der Waals surface area contributed by atoms with E-state index in [0.29, 0.717) is 22.7 Å². The fraction of sp³-hybridized carbons (Fsp3) is 0.0588. The summed E-state index contributed by atoms with van der Waals surface area (Å²) < 4.78 is 14.0. The summed E-state index contributed by atoms with van der Waals surface area (Å²) in [6.07, 6.45) is 4.81. The van der Waals surface area contributed by atoms with Crippen LogP contribution in [-0.2, 0) is 6.42 Å². The standard InChI is InChI=1S/C17H11ClFN2/c18-14-7-5-12(6-8-14)9-13-10-20-11-21-17(13)15-3-1-2-4-16(15)19/h1-8,10H,9H2. The van der Waals surface area contributed by atoms with Crippen molar-refractivity contribution in [2.24, 2.45) is 0 Å². The van der Waals surface area contributed by atoms with Crippen molar-refractivity contribution < 1.29 is 4.39 Å². The molecule has 2 nitrogen and oxygen atoms in total. The third kappa shape index (κ3) is 3.09. The summed E-state index contributed by atoms with van der Waals surface area (Å²) in [6, 6.07) is 14.1. The minimum atomic E-state index is -0.304. The van der Waals surface area contributed by atoms with E-state index in [-0.39, 0.29) is 5.82 Å². The fourth-order valence-corrected chi connectivity index (χ4v) is 2.28. The number of nitrogens with zero attached hydrogens (tertiary/aromatic N) is 2. The molecule has 1 aromatic heterocycles. The van der Waals surface area contributed by atoms with Crippen LogP contribution in [0.4, 0.5) is 4.39 Å². The Morgan fingerprint density at radius 2 is 1.81 bits per heavy atom. The van der Waals surface area contributed by atoms with Crippen molar-refractivity contribution in [3.05, 3.63) is 83.0 Å². The molecule has 0 atom stereocenters. The number of benzene rings is 2. The van der Waals surface area contributed by atoms with Crippen molar-refractivity contribution in [3.63, 3.8) is 0 Å². The SMILES string of the molecule is Fc1ccccc1-c1n[c]ncc1Cc1ccc(Cl)cc1. The average molecular weight is 298 g/mol. The van der Waals surface area contributed by atoms with E-state index in [2.05, 4.69) is 16.3 Å². The van der Waals surface area contributed by atoms with Gasteiger partial charge in [-0.25, -0.2) is 14.4 Å². The lowest BCUT2D eigenvalue weighted by molar-refractivity contribution is 0.630. The van der Waals surface area contributed by atoms with Gasteiger partial charge in [0.2, 0.25) is 0 Å². The van der Waals surface area contributed by atoms with Gasteiger partial charge in [-0.05, 0) is 29.8 Å². The monoisotopic (exact) mass is 297 g/mol. The molecule has 2 aromatic carbocycles. The summed E-state index contributed by atoms with van der Waals surface area (Å²) in [4.78, 5) is 8.05. The molecule has 0 aliphatic heterocycles. The summed E-state index contributed by atoms with van der Waals surface area (Å²) in [7, 11) is 0. The molecule has 0 fully saturated rings. The highest BCUT2D eigenvalue weighted by molar-refractivity contribution is 6.30. The predicted molar refractivity (Wildman–Crippen MR) is 80.5 cm³/mol. The second-order valence-corrected chi connectivity index (χ2v) is 5.06. The van der Waals surface area contributed by atoms with Gasteiger partial charge in [-0.3, -0.25) is 0 Å². The van der Waals surface area contributed by atoms with Gasteiger partial charge in [0.1, 0.15) is 5.82 Å². The van der Waals surface area contributed by atoms with Gasteiger partial charge in [0.25, 0.3) is 0 Å². The topological polar surface area (TPSA) is 25.8 Å². The summed E-state index contributed by atoms with van der Waals surface area (Å²) in [5.74, 6) is -0.304. The van der Waals surface area contributed by atoms with Crippen LogP contribution in [0.15, 0.2) is 54.7 Å². The number of hydrogen-bond donors (Lipinski definition) is 0. The van der Waals surface area contributed by atoms with Crippen LogP contribution < -0.4 is 0 Å². The molecule has 103 valence electrons. The van der Waals surface area contributed by atoms with Gasteiger partial charge in [-0.2, -0.15) is 0 Å². The Bertz CT molecular complexity index is 757. The van der Waals surface area contributed by atoms with Crippen molar-refractivity contribution in [2.45, 2.75) is 6.42 Å². The molecule has 3 rings (SSSR count). The van der Waals surface area contributed by atoms with Crippen molar-refractivity contribution in [2.75, 3.05) is 0 Å². The molecule has 0 saturated heterocycles. The van der Waals surface area contributed by atoms with Gasteiger partial charge >= 0.3 is 0 Å². The average Bonchev–Trinajstić information content (AvgIpc) is 2.51. The van der Waals surface area contributed by atoms with Crippen LogP contribution in [0.2, 0.25) is 5.02 Å². The Kier molecular flexibility index (Phi) is 3.93. The Hall–Kier alpha value is -2.26. The summed E-state index contributed by atoms with van der Waals surface area (Å²) >= 11 is 5.88. The number of aromatic nitrogens is 2. The third-order valence-corrected chi connectivity index (χ3v) is 3.43. The second-order valence-electron chi connectivity index (χ2n) is 4.63. The highest BCUT2D eigenvalue weighted by Crippen LogP contribution is 2.25. The van der Waals surface area contributed by atoms with E-state index in [1.807, 2.05) is 24.3 Å². The van der Waals surface area contributed by atoms with Crippen molar-refractivity contribution in [1.29, 1.82) is 0 Å². The van der Waals surface area contributed by atoms with Crippen LogP contribution in [0.5, 0.6) is 0 Å².